The van der Waals surface area contributed by atoms with Gasteiger partial charge in [0.05, 0.1) is 5.02 Å². The van der Waals surface area contributed by atoms with Gasteiger partial charge in [0.15, 0.2) is 0 Å². The van der Waals surface area contributed by atoms with Gasteiger partial charge >= 0.3 is 0 Å². The number of rotatable bonds is 3. The summed E-state index contributed by atoms with van der Waals surface area (Å²) in [6.45, 7) is 4.08. The van der Waals surface area contributed by atoms with E-state index in [4.69, 9.17) is 28.9 Å². The second kappa shape index (κ2) is 6.50. The summed E-state index contributed by atoms with van der Waals surface area (Å²) < 4.78 is 0.896. The number of benzene rings is 1. The Bertz CT molecular complexity index is 640. The lowest BCUT2D eigenvalue weighted by Gasteiger charge is -2.23. The highest BCUT2D eigenvalue weighted by Crippen LogP contribution is 2.36. The predicted octanol–water partition coefficient (Wildman–Crippen LogP) is 4.10. The molecule has 2 aromatic rings. The number of carbonyl (C=O) groups is 1. The molecule has 2 rings (SSSR count). The van der Waals surface area contributed by atoms with E-state index in [0.717, 1.165) is 10.1 Å². The zero-order valence-electron chi connectivity index (χ0n) is 11.0. The second-order valence-corrected chi connectivity index (χ2v) is 6.79. The molecular formula is C13H15Cl3N2OS. The fraction of sp³-hybridized carbons (Fsp3) is 0.308. The van der Waals surface area contributed by atoms with Crippen molar-refractivity contribution in [3.05, 3.63) is 33.1 Å². The first-order valence-corrected chi connectivity index (χ1v) is 7.31. The summed E-state index contributed by atoms with van der Waals surface area (Å²) in [6.07, 6.45) is 0. The molecule has 1 heterocycles. The Morgan fingerprint density at radius 2 is 2.05 bits per heavy atom. The van der Waals surface area contributed by atoms with Crippen molar-refractivity contribution in [3.63, 3.8) is 0 Å². The summed E-state index contributed by atoms with van der Waals surface area (Å²) in [5, 5.41) is 4.79. The first-order valence-electron chi connectivity index (χ1n) is 5.74. The number of hydrogen-bond acceptors (Lipinski definition) is 3. The number of hydrogen-bond donors (Lipinski definition) is 2. The number of halogens is 3. The van der Waals surface area contributed by atoms with Crippen LogP contribution in [0.4, 0.5) is 0 Å². The molecule has 1 aromatic heterocycles. The molecule has 110 valence electrons. The lowest BCUT2D eigenvalue weighted by atomic mass is 10.1. The van der Waals surface area contributed by atoms with Gasteiger partial charge in [-0.05, 0) is 26.0 Å². The predicted molar refractivity (Wildman–Crippen MR) is 89.7 cm³/mol. The number of carbonyl (C=O) groups excluding carboxylic acids is 1. The third-order valence-corrected chi connectivity index (χ3v) is 4.65. The molecule has 7 heteroatoms. The van der Waals surface area contributed by atoms with Crippen molar-refractivity contribution >= 4 is 62.9 Å². The summed E-state index contributed by atoms with van der Waals surface area (Å²) in [4.78, 5) is 12.7. The topological polar surface area (TPSA) is 55.1 Å². The number of nitrogens with two attached hydrogens (primary N) is 1. The standard InChI is InChI=1S/C13H14Cl2N2OS.ClH/c1-13(2,6-16)17-12(18)11-10(15)8-4-3-7(14)5-9(8)19-11;/h3-5H,6,16H2,1-2H3,(H,17,18);1H. The minimum Gasteiger partial charge on any atom is -0.345 e. The Kier molecular flexibility index (Phi) is 5.70. The Hall–Kier alpha value is -0.520. The van der Waals surface area contributed by atoms with Gasteiger partial charge in [-0.2, -0.15) is 0 Å². The quantitative estimate of drug-likeness (QED) is 0.873. The van der Waals surface area contributed by atoms with Gasteiger partial charge in [0.25, 0.3) is 5.91 Å². The molecule has 0 fully saturated rings. The van der Waals surface area contributed by atoms with Crippen molar-refractivity contribution < 1.29 is 4.79 Å². The van der Waals surface area contributed by atoms with E-state index >= 15 is 0 Å². The Morgan fingerprint density at radius 3 is 2.65 bits per heavy atom. The zero-order valence-corrected chi connectivity index (χ0v) is 14.1. The maximum Gasteiger partial charge on any atom is 0.263 e. The van der Waals surface area contributed by atoms with Gasteiger partial charge in [0.2, 0.25) is 0 Å². The van der Waals surface area contributed by atoms with E-state index in [1.165, 1.54) is 11.3 Å². The molecule has 0 unspecified atom stereocenters. The molecule has 0 bridgehead atoms. The first kappa shape index (κ1) is 17.5. The van der Waals surface area contributed by atoms with Crippen LogP contribution in [0.2, 0.25) is 10.0 Å². The average molecular weight is 354 g/mol. The van der Waals surface area contributed by atoms with Gasteiger partial charge in [-0.15, -0.1) is 23.7 Å². The Labute approximate surface area is 137 Å². The zero-order chi connectivity index (χ0) is 14.2. The van der Waals surface area contributed by atoms with E-state index in [9.17, 15) is 4.79 Å². The van der Waals surface area contributed by atoms with Crippen molar-refractivity contribution in [1.82, 2.24) is 5.32 Å². The normalized spacial score (nSPS) is 11.2. The van der Waals surface area contributed by atoms with Crippen LogP contribution in [0.3, 0.4) is 0 Å². The summed E-state index contributed by atoms with van der Waals surface area (Å²) in [5.74, 6) is -0.210. The molecule has 0 aliphatic carbocycles. The van der Waals surface area contributed by atoms with Crippen molar-refractivity contribution in [2.45, 2.75) is 19.4 Å². The Morgan fingerprint density at radius 1 is 1.40 bits per heavy atom. The molecule has 0 radical (unpaired) electrons. The smallest absolute Gasteiger partial charge is 0.263 e. The van der Waals surface area contributed by atoms with Crippen LogP contribution in [-0.4, -0.2) is 18.0 Å². The van der Waals surface area contributed by atoms with Gasteiger partial charge in [-0.1, -0.05) is 29.3 Å². The van der Waals surface area contributed by atoms with Crippen LogP contribution in [0.5, 0.6) is 0 Å². The molecule has 3 N–H and O–H groups in total. The molecule has 0 atom stereocenters. The van der Waals surface area contributed by atoms with E-state index < -0.39 is 5.54 Å². The van der Waals surface area contributed by atoms with E-state index in [2.05, 4.69) is 5.32 Å². The minimum atomic E-state index is -0.464. The van der Waals surface area contributed by atoms with Gasteiger partial charge in [0.1, 0.15) is 4.88 Å². The van der Waals surface area contributed by atoms with Crippen LogP contribution >= 0.6 is 46.9 Å². The lowest BCUT2D eigenvalue weighted by molar-refractivity contribution is 0.0920. The molecule has 1 aromatic carbocycles. The first-order chi connectivity index (χ1) is 8.84. The summed E-state index contributed by atoms with van der Waals surface area (Å²) >= 11 is 13.5. The monoisotopic (exact) mass is 352 g/mol. The van der Waals surface area contributed by atoms with Gasteiger partial charge in [0, 0.05) is 27.2 Å². The third kappa shape index (κ3) is 3.57. The summed E-state index contributed by atoms with van der Waals surface area (Å²) in [7, 11) is 0. The largest absolute Gasteiger partial charge is 0.345 e. The van der Waals surface area contributed by atoms with Crippen LogP contribution in [0.25, 0.3) is 10.1 Å². The van der Waals surface area contributed by atoms with E-state index in [-0.39, 0.29) is 18.3 Å². The highest BCUT2D eigenvalue weighted by atomic mass is 35.5. The fourth-order valence-corrected chi connectivity index (χ4v) is 3.29. The molecule has 1 amide bonds. The van der Waals surface area contributed by atoms with Crippen molar-refractivity contribution in [1.29, 1.82) is 0 Å². The van der Waals surface area contributed by atoms with E-state index in [1.807, 2.05) is 19.9 Å². The number of fused-ring (bicyclic) bond motifs is 1. The highest BCUT2D eigenvalue weighted by molar-refractivity contribution is 7.21. The maximum absolute atomic E-state index is 12.2. The van der Waals surface area contributed by atoms with Crippen LogP contribution in [0.15, 0.2) is 18.2 Å². The summed E-state index contributed by atoms with van der Waals surface area (Å²) in [5.41, 5.74) is 5.14. The SMILES string of the molecule is CC(C)(CN)NC(=O)c1sc2cc(Cl)ccc2c1Cl.Cl. The van der Waals surface area contributed by atoms with Crippen molar-refractivity contribution in [2.75, 3.05) is 6.54 Å². The highest BCUT2D eigenvalue weighted by Gasteiger charge is 2.23. The third-order valence-electron chi connectivity index (χ3n) is 2.76. The number of thiophene rings is 1. The minimum absolute atomic E-state index is 0. The van der Waals surface area contributed by atoms with Crippen LogP contribution in [0, 0.1) is 0 Å². The van der Waals surface area contributed by atoms with E-state index in [1.54, 1.807) is 12.1 Å². The van der Waals surface area contributed by atoms with E-state index in [0.29, 0.717) is 21.5 Å². The number of amides is 1. The molecule has 20 heavy (non-hydrogen) atoms. The molecule has 0 spiro atoms. The molecule has 3 nitrogen and oxygen atoms in total. The van der Waals surface area contributed by atoms with Gasteiger partial charge in [-0.3, -0.25) is 4.79 Å². The van der Waals surface area contributed by atoms with Crippen LogP contribution in [0.1, 0.15) is 23.5 Å². The van der Waals surface area contributed by atoms with Crippen LogP contribution in [-0.2, 0) is 0 Å². The number of nitrogens with one attached hydrogen (secondary N) is 1. The molecule has 0 aliphatic heterocycles. The second-order valence-electron chi connectivity index (χ2n) is 4.93. The molecule has 0 saturated carbocycles. The van der Waals surface area contributed by atoms with Crippen LogP contribution < -0.4 is 11.1 Å². The Balaban J connectivity index is 0.00000200. The maximum atomic E-state index is 12.2. The van der Waals surface area contributed by atoms with Gasteiger partial charge < -0.3 is 11.1 Å². The van der Waals surface area contributed by atoms with Gasteiger partial charge in [-0.25, -0.2) is 0 Å². The van der Waals surface area contributed by atoms with Crippen molar-refractivity contribution in [2.24, 2.45) is 5.73 Å². The molecule has 0 saturated heterocycles. The molecule has 0 aliphatic rings. The lowest BCUT2D eigenvalue weighted by Crippen LogP contribution is -2.48. The molecular weight excluding hydrogens is 339 g/mol. The average Bonchev–Trinajstić information content (AvgIpc) is 2.66. The fourth-order valence-electron chi connectivity index (χ4n) is 1.60. The van der Waals surface area contributed by atoms with Crippen molar-refractivity contribution in [3.8, 4) is 0 Å². The summed E-state index contributed by atoms with van der Waals surface area (Å²) in [6, 6.07) is 5.38.